The summed E-state index contributed by atoms with van der Waals surface area (Å²) in [5.41, 5.74) is -1.76. The predicted octanol–water partition coefficient (Wildman–Crippen LogP) is 3.08. The molecule has 0 aliphatic carbocycles. The van der Waals surface area contributed by atoms with Crippen molar-refractivity contribution >= 4 is 23.9 Å². The summed E-state index contributed by atoms with van der Waals surface area (Å²) in [5, 5.41) is 80.4. The average molecular weight is 638 g/mol. The fraction of sp³-hybridized carbons (Fsp3) is 0.0667. The van der Waals surface area contributed by atoms with E-state index in [0.717, 1.165) is 43.5 Å². The van der Waals surface area contributed by atoms with E-state index >= 15 is 0 Å². The number of esters is 4. The van der Waals surface area contributed by atoms with Crippen LogP contribution in [-0.4, -0.2) is 71.8 Å². The maximum absolute atomic E-state index is 12.9. The van der Waals surface area contributed by atoms with Crippen LogP contribution < -0.4 is 14.2 Å². The molecule has 4 aromatic carbocycles. The monoisotopic (exact) mass is 638 g/mol. The van der Waals surface area contributed by atoms with Crippen LogP contribution >= 0.6 is 0 Å². The predicted molar refractivity (Wildman–Crippen MR) is 150 cm³/mol. The first-order valence-corrected chi connectivity index (χ1v) is 12.6. The fourth-order valence-corrected chi connectivity index (χ4v) is 3.76. The summed E-state index contributed by atoms with van der Waals surface area (Å²) in [5.74, 6) is -13.8. The molecular formula is C30H22O16. The first kappa shape index (κ1) is 32.1. The van der Waals surface area contributed by atoms with E-state index in [2.05, 4.69) is 4.74 Å². The highest BCUT2D eigenvalue weighted by molar-refractivity contribution is 5.97. The number of ether oxygens (including phenoxy) is 4. The Morgan fingerprint density at radius 3 is 1.00 bits per heavy atom. The maximum Gasteiger partial charge on any atom is 0.343 e. The van der Waals surface area contributed by atoms with Gasteiger partial charge in [0.1, 0.15) is 11.5 Å². The smallest absolute Gasteiger partial charge is 0.343 e. The second-order valence-electron chi connectivity index (χ2n) is 9.33. The molecule has 0 saturated carbocycles. The topological polar surface area (TPSA) is 267 Å². The highest BCUT2D eigenvalue weighted by atomic mass is 16.6. The molecule has 0 bridgehead atoms. The van der Waals surface area contributed by atoms with Crippen molar-refractivity contribution in [3.8, 4) is 63.2 Å². The summed E-state index contributed by atoms with van der Waals surface area (Å²) < 4.78 is 19.6. The number of rotatable bonds is 7. The molecule has 0 aromatic heterocycles. The number of hydrogen-bond donors (Lipinski definition) is 8. The van der Waals surface area contributed by atoms with Crippen LogP contribution in [0, 0.1) is 6.92 Å². The molecule has 0 saturated heterocycles. The Labute approximate surface area is 256 Å². The van der Waals surface area contributed by atoms with Gasteiger partial charge in [-0.15, -0.1) is 0 Å². The number of methoxy groups -OCH3 is 1. The minimum absolute atomic E-state index is 0.0682. The van der Waals surface area contributed by atoms with Gasteiger partial charge in [-0.05, 0) is 55.5 Å². The van der Waals surface area contributed by atoms with Gasteiger partial charge in [0, 0.05) is 5.56 Å². The first-order chi connectivity index (χ1) is 21.6. The number of carbonyl (C=O) groups is 4. The molecule has 16 heteroatoms. The van der Waals surface area contributed by atoms with E-state index in [1.54, 1.807) is 0 Å². The van der Waals surface area contributed by atoms with Crippen LogP contribution in [0.1, 0.15) is 47.0 Å². The number of hydrogen-bond acceptors (Lipinski definition) is 16. The SMILES string of the molecule is COC(=O)c1cc(O)c(O)c(OC(=O)c2cc(O)c(O)c(OC(=O)c3cc(O)c(O)c(OC(=O)c4cc(O)c(C)c(O)c4)c3)c2)c1. The van der Waals surface area contributed by atoms with Gasteiger partial charge in [-0.25, -0.2) is 19.2 Å². The third kappa shape index (κ3) is 6.40. The number of carbonyl (C=O) groups excluding carboxylic acids is 4. The van der Waals surface area contributed by atoms with Crippen molar-refractivity contribution in [3.63, 3.8) is 0 Å². The Balaban J connectivity index is 1.60. The third-order valence-electron chi connectivity index (χ3n) is 6.25. The minimum Gasteiger partial charge on any atom is -0.508 e. The number of aromatic hydroxyl groups is 8. The molecule has 0 fully saturated rings. The molecular weight excluding hydrogens is 616 g/mol. The van der Waals surface area contributed by atoms with Gasteiger partial charge in [-0.3, -0.25) is 0 Å². The molecule has 0 atom stereocenters. The maximum atomic E-state index is 12.9. The molecule has 16 nitrogen and oxygen atoms in total. The van der Waals surface area contributed by atoms with Gasteiger partial charge in [0.15, 0.2) is 34.5 Å². The second-order valence-corrected chi connectivity index (χ2v) is 9.33. The Hall–Kier alpha value is -6.84. The van der Waals surface area contributed by atoms with Crippen LogP contribution in [0.4, 0.5) is 0 Å². The van der Waals surface area contributed by atoms with Crippen LogP contribution in [0.15, 0.2) is 48.5 Å². The first-order valence-electron chi connectivity index (χ1n) is 12.6. The van der Waals surface area contributed by atoms with Crippen molar-refractivity contribution in [1.29, 1.82) is 0 Å². The molecule has 0 radical (unpaired) electrons. The minimum atomic E-state index is -1.38. The van der Waals surface area contributed by atoms with Crippen LogP contribution in [0.25, 0.3) is 0 Å². The zero-order chi connectivity index (χ0) is 34.0. The van der Waals surface area contributed by atoms with Crippen molar-refractivity contribution in [3.05, 3.63) is 76.3 Å². The van der Waals surface area contributed by atoms with Gasteiger partial charge >= 0.3 is 23.9 Å². The summed E-state index contributed by atoms with van der Waals surface area (Å²) in [6.07, 6.45) is 0. The van der Waals surface area contributed by atoms with Gasteiger partial charge in [0.25, 0.3) is 0 Å². The van der Waals surface area contributed by atoms with Gasteiger partial charge < -0.3 is 59.8 Å². The summed E-state index contributed by atoms with van der Waals surface area (Å²) in [6, 6.07) is 6.49. The molecule has 0 unspecified atom stereocenters. The lowest BCUT2D eigenvalue weighted by Crippen LogP contribution is -2.13. The van der Waals surface area contributed by atoms with E-state index in [1.165, 1.54) is 6.92 Å². The lowest BCUT2D eigenvalue weighted by molar-refractivity contribution is 0.0596. The van der Waals surface area contributed by atoms with E-state index in [0.29, 0.717) is 12.1 Å². The van der Waals surface area contributed by atoms with Gasteiger partial charge in [0.2, 0.25) is 17.2 Å². The van der Waals surface area contributed by atoms with Crippen molar-refractivity contribution < 1.29 is 79.0 Å². The number of phenolic OH excluding ortho intramolecular Hbond substituents is 8. The molecule has 0 heterocycles. The van der Waals surface area contributed by atoms with Crippen LogP contribution in [0.3, 0.4) is 0 Å². The molecule has 0 aliphatic heterocycles. The number of phenols is 8. The van der Waals surface area contributed by atoms with Crippen molar-refractivity contribution in [2.75, 3.05) is 7.11 Å². The zero-order valence-corrected chi connectivity index (χ0v) is 23.5. The molecule has 4 aromatic rings. The van der Waals surface area contributed by atoms with Crippen LogP contribution in [-0.2, 0) is 4.74 Å². The Morgan fingerprint density at radius 1 is 0.435 bits per heavy atom. The highest BCUT2D eigenvalue weighted by Gasteiger charge is 2.25. The van der Waals surface area contributed by atoms with Crippen molar-refractivity contribution in [2.45, 2.75) is 6.92 Å². The molecule has 8 N–H and O–H groups in total. The summed E-state index contributed by atoms with van der Waals surface area (Å²) >= 11 is 0. The van der Waals surface area contributed by atoms with E-state index in [4.69, 9.17) is 14.2 Å². The van der Waals surface area contributed by atoms with E-state index in [-0.39, 0.29) is 16.7 Å². The lowest BCUT2D eigenvalue weighted by Gasteiger charge is -2.13. The normalized spacial score (nSPS) is 10.6. The van der Waals surface area contributed by atoms with E-state index in [9.17, 15) is 60.0 Å². The fourth-order valence-electron chi connectivity index (χ4n) is 3.76. The largest absolute Gasteiger partial charge is 0.508 e. The third-order valence-corrected chi connectivity index (χ3v) is 6.25. The molecule has 0 aliphatic rings. The standard InChI is InChI=1S/C30H22O16/c1-11-16(31)3-12(4-17(11)32)28(40)44-22-9-14(6-19(34)25(22)37)30(42)46-23-10-15(7-20(35)26(23)38)29(41)45-21-8-13(27(39)43-2)5-18(33)24(21)36/h3-10,31-38H,1-2H3. The van der Waals surface area contributed by atoms with Crippen LogP contribution in [0.2, 0.25) is 0 Å². The summed E-state index contributed by atoms with van der Waals surface area (Å²) in [6.45, 7) is 1.37. The Bertz CT molecular complexity index is 1900. The van der Waals surface area contributed by atoms with Gasteiger partial charge in [0.05, 0.1) is 29.4 Å². The highest BCUT2D eigenvalue weighted by Crippen LogP contribution is 2.41. The molecule has 0 spiro atoms. The number of benzene rings is 4. The van der Waals surface area contributed by atoms with E-state index in [1.807, 2.05) is 0 Å². The van der Waals surface area contributed by atoms with Crippen molar-refractivity contribution in [1.82, 2.24) is 0 Å². The lowest BCUT2D eigenvalue weighted by atomic mass is 10.1. The van der Waals surface area contributed by atoms with Gasteiger partial charge in [-0.2, -0.15) is 0 Å². The average Bonchev–Trinajstić information content (AvgIpc) is 3.01. The van der Waals surface area contributed by atoms with Gasteiger partial charge in [-0.1, -0.05) is 0 Å². The second kappa shape index (κ2) is 12.4. The Morgan fingerprint density at radius 2 is 0.696 bits per heavy atom. The molecule has 4 rings (SSSR count). The Kier molecular flexibility index (Phi) is 8.66. The molecule has 238 valence electrons. The quantitative estimate of drug-likeness (QED) is 0.0820. The summed E-state index contributed by atoms with van der Waals surface area (Å²) in [7, 11) is 1.04. The van der Waals surface area contributed by atoms with Crippen molar-refractivity contribution in [2.24, 2.45) is 0 Å². The van der Waals surface area contributed by atoms with Crippen LogP contribution in [0.5, 0.6) is 63.2 Å². The molecule has 46 heavy (non-hydrogen) atoms. The zero-order valence-electron chi connectivity index (χ0n) is 23.5. The molecule has 0 amide bonds. The van der Waals surface area contributed by atoms with E-state index < -0.39 is 98.2 Å². The summed E-state index contributed by atoms with van der Waals surface area (Å²) in [4.78, 5) is 50.1.